The zero-order valence-electron chi connectivity index (χ0n) is 31.3. The van der Waals surface area contributed by atoms with Crippen LogP contribution in [0.5, 0.6) is 5.75 Å². The van der Waals surface area contributed by atoms with E-state index in [4.69, 9.17) is 9.47 Å². The molecule has 3 aliphatic rings. The first kappa shape index (κ1) is 38.1. The summed E-state index contributed by atoms with van der Waals surface area (Å²) in [7, 11) is 0. The highest BCUT2D eigenvalue weighted by atomic mass is 16.5. The van der Waals surface area contributed by atoms with E-state index in [0.717, 1.165) is 69.7 Å². The molecule has 0 radical (unpaired) electrons. The Morgan fingerprint density at radius 3 is 2.58 bits per heavy atom. The largest absolute Gasteiger partial charge is 0.494 e. The minimum absolute atomic E-state index is 0.000957. The molecule has 11 nitrogen and oxygen atoms in total. The fourth-order valence-corrected chi connectivity index (χ4v) is 8.39. The summed E-state index contributed by atoms with van der Waals surface area (Å²) in [4.78, 5) is 29.2. The normalized spacial score (nSPS) is 22.2. The van der Waals surface area contributed by atoms with Gasteiger partial charge in [-0.1, -0.05) is 38.1 Å². The van der Waals surface area contributed by atoms with Crippen LogP contribution in [0, 0.1) is 18.3 Å². The molecule has 1 aromatic heterocycles. The van der Waals surface area contributed by atoms with Gasteiger partial charge in [-0.25, -0.2) is 4.79 Å². The third kappa shape index (κ3) is 9.66. The number of rotatable bonds is 13. The molecule has 4 N–H and O–H groups in total. The van der Waals surface area contributed by atoms with Gasteiger partial charge in [-0.3, -0.25) is 4.79 Å². The Morgan fingerprint density at radius 1 is 1.04 bits per heavy atom. The van der Waals surface area contributed by atoms with Crippen molar-refractivity contribution in [2.24, 2.45) is 11.3 Å². The molecule has 6 rings (SSSR count). The molecule has 3 fully saturated rings. The van der Waals surface area contributed by atoms with Crippen molar-refractivity contribution >= 4 is 22.8 Å². The Bertz CT molecular complexity index is 1630. The number of amides is 3. The van der Waals surface area contributed by atoms with Gasteiger partial charge in [0.25, 0.3) is 0 Å². The van der Waals surface area contributed by atoms with Crippen molar-refractivity contribution in [3.63, 3.8) is 0 Å². The average Bonchev–Trinajstić information content (AvgIpc) is 3.51. The summed E-state index contributed by atoms with van der Waals surface area (Å²) in [6.07, 6.45) is 8.07. The van der Waals surface area contributed by atoms with Gasteiger partial charge in [0.05, 0.1) is 37.5 Å². The summed E-state index contributed by atoms with van der Waals surface area (Å²) >= 11 is 0. The lowest BCUT2D eigenvalue weighted by molar-refractivity contribution is -0.140. The van der Waals surface area contributed by atoms with Crippen LogP contribution in [-0.4, -0.2) is 108 Å². The van der Waals surface area contributed by atoms with Crippen molar-refractivity contribution in [3.05, 3.63) is 65.4 Å². The standard InChI is InChI=1S/C41H59N5O6/c1-29(2)24-42-40(50)43-25-37(49)45-18-14-41(15-19-45)13-5-16-44(28-41)17-6-20-51-34-11-9-31(10-12-34)21-32-26-46(36-8-4-7-30(3)39(32)36)38-23-33(48)22-35(27-47)52-38/h4,7-12,26,29,33,35,38,47-48H,5-6,13-25,27-28H2,1-3H3,(H2,42,43,50)/t33?,35?,38-/m1/s1. The number of nitrogens with one attached hydrogen (secondary N) is 2. The molecule has 3 saturated heterocycles. The van der Waals surface area contributed by atoms with Gasteiger partial charge in [-0.05, 0) is 98.2 Å². The van der Waals surface area contributed by atoms with Crippen molar-refractivity contribution in [1.29, 1.82) is 0 Å². The van der Waals surface area contributed by atoms with E-state index in [1.54, 1.807) is 0 Å². The van der Waals surface area contributed by atoms with Crippen molar-refractivity contribution < 1.29 is 29.3 Å². The Labute approximate surface area is 308 Å². The SMILES string of the molecule is Cc1cccc2c1c(Cc1ccc(OCCCN3CCCC4(CCN(C(=O)CNC(=O)NCC(C)C)CC4)C3)cc1)cn2[C@H]1CC(O)CC(CO)O1. The number of carbonyl (C=O) groups is 2. The zero-order valence-corrected chi connectivity index (χ0v) is 31.3. The summed E-state index contributed by atoms with van der Waals surface area (Å²) in [6, 6.07) is 14.4. The van der Waals surface area contributed by atoms with Crippen LogP contribution in [0.3, 0.4) is 0 Å². The number of benzene rings is 2. The molecule has 52 heavy (non-hydrogen) atoms. The van der Waals surface area contributed by atoms with Crippen LogP contribution in [-0.2, 0) is 16.0 Å². The Hall–Kier alpha value is -3.64. The lowest BCUT2D eigenvalue weighted by Gasteiger charge is -2.47. The number of hydrogen-bond acceptors (Lipinski definition) is 7. The van der Waals surface area contributed by atoms with E-state index < -0.39 is 6.10 Å². The maximum atomic E-state index is 12.8. The number of ether oxygens (including phenoxy) is 2. The van der Waals surface area contributed by atoms with Crippen LogP contribution >= 0.6 is 0 Å². The van der Waals surface area contributed by atoms with Crippen LogP contribution in [0.15, 0.2) is 48.7 Å². The quantitative estimate of drug-likeness (QED) is 0.183. The molecular formula is C41H59N5O6. The molecule has 0 aliphatic carbocycles. The van der Waals surface area contributed by atoms with Crippen molar-refractivity contribution in [2.75, 3.05) is 59.0 Å². The number of likely N-dealkylation sites (tertiary alicyclic amines) is 2. The topological polar surface area (TPSA) is 129 Å². The fourth-order valence-electron chi connectivity index (χ4n) is 8.39. The number of aliphatic hydroxyl groups is 2. The van der Waals surface area contributed by atoms with Gasteiger partial charge in [0, 0.05) is 57.1 Å². The van der Waals surface area contributed by atoms with E-state index in [1.807, 2.05) is 18.7 Å². The fraction of sp³-hybridized carbons (Fsp3) is 0.610. The van der Waals surface area contributed by atoms with Gasteiger partial charge in [-0.15, -0.1) is 0 Å². The smallest absolute Gasteiger partial charge is 0.315 e. The van der Waals surface area contributed by atoms with E-state index in [0.29, 0.717) is 31.9 Å². The van der Waals surface area contributed by atoms with Crippen molar-refractivity contribution in [2.45, 2.75) is 90.6 Å². The van der Waals surface area contributed by atoms with Crippen molar-refractivity contribution in [3.8, 4) is 5.75 Å². The molecule has 3 atom stereocenters. The second kappa shape index (κ2) is 17.5. The van der Waals surface area contributed by atoms with Gasteiger partial charge < -0.3 is 44.7 Å². The van der Waals surface area contributed by atoms with Crippen LogP contribution < -0.4 is 15.4 Å². The molecule has 2 unspecified atom stereocenters. The third-order valence-electron chi connectivity index (χ3n) is 11.2. The summed E-state index contributed by atoms with van der Waals surface area (Å²) in [5.41, 5.74) is 4.96. The number of urea groups is 1. The zero-order chi connectivity index (χ0) is 36.7. The van der Waals surface area contributed by atoms with Gasteiger partial charge in [0.2, 0.25) is 5.91 Å². The number of aliphatic hydroxyl groups excluding tert-OH is 2. The number of aryl methyl sites for hydroxylation is 1. The van der Waals surface area contributed by atoms with E-state index in [2.05, 4.69) is 75.7 Å². The molecular weight excluding hydrogens is 658 g/mol. The Balaban J connectivity index is 0.947. The molecule has 3 amide bonds. The number of fused-ring (bicyclic) bond motifs is 1. The first-order valence-electron chi connectivity index (χ1n) is 19.4. The molecule has 2 aromatic carbocycles. The molecule has 284 valence electrons. The summed E-state index contributed by atoms with van der Waals surface area (Å²) in [5, 5.41) is 26.9. The molecule has 11 heteroatoms. The number of carbonyl (C=O) groups excluding carboxylic acids is 2. The second-order valence-electron chi connectivity index (χ2n) is 15.8. The second-order valence-corrected chi connectivity index (χ2v) is 15.8. The summed E-state index contributed by atoms with van der Waals surface area (Å²) < 4.78 is 14.5. The van der Waals surface area contributed by atoms with Crippen LogP contribution in [0.25, 0.3) is 10.9 Å². The predicted molar refractivity (Wildman–Crippen MR) is 202 cm³/mol. The van der Waals surface area contributed by atoms with E-state index in [9.17, 15) is 19.8 Å². The van der Waals surface area contributed by atoms with E-state index in [-0.39, 0.29) is 42.8 Å². The highest BCUT2D eigenvalue weighted by Gasteiger charge is 2.39. The molecule has 3 aliphatic heterocycles. The Kier molecular flexibility index (Phi) is 12.8. The van der Waals surface area contributed by atoms with Gasteiger partial charge in [-0.2, -0.15) is 0 Å². The van der Waals surface area contributed by atoms with Gasteiger partial charge in [0.15, 0.2) is 0 Å². The maximum absolute atomic E-state index is 12.8. The monoisotopic (exact) mass is 717 g/mol. The minimum atomic E-state index is -0.502. The highest BCUT2D eigenvalue weighted by molar-refractivity contribution is 5.87. The number of piperidine rings is 2. The number of aromatic nitrogens is 1. The van der Waals surface area contributed by atoms with Crippen LogP contribution in [0.2, 0.25) is 0 Å². The van der Waals surface area contributed by atoms with E-state index >= 15 is 0 Å². The maximum Gasteiger partial charge on any atom is 0.315 e. The highest BCUT2D eigenvalue weighted by Crippen LogP contribution is 2.40. The molecule has 3 aromatic rings. The first-order valence-corrected chi connectivity index (χ1v) is 19.4. The molecule has 4 heterocycles. The van der Waals surface area contributed by atoms with Gasteiger partial charge in [0.1, 0.15) is 12.0 Å². The van der Waals surface area contributed by atoms with Crippen LogP contribution in [0.4, 0.5) is 4.79 Å². The summed E-state index contributed by atoms with van der Waals surface area (Å²) in [6.45, 7) is 12.1. The minimum Gasteiger partial charge on any atom is -0.494 e. The van der Waals surface area contributed by atoms with E-state index in [1.165, 1.54) is 34.9 Å². The number of hydrogen-bond donors (Lipinski definition) is 4. The van der Waals surface area contributed by atoms with Gasteiger partial charge >= 0.3 is 6.03 Å². The first-order chi connectivity index (χ1) is 25.1. The van der Waals surface area contributed by atoms with Crippen molar-refractivity contribution in [1.82, 2.24) is 25.0 Å². The molecule has 0 saturated carbocycles. The third-order valence-corrected chi connectivity index (χ3v) is 11.2. The lowest BCUT2D eigenvalue weighted by atomic mass is 9.72. The molecule has 1 spiro atoms. The molecule has 0 bridgehead atoms. The lowest BCUT2D eigenvalue weighted by Crippen LogP contribution is -2.52. The predicted octanol–water partition coefficient (Wildman–Crippen LogP) is 5.00. The summed E-state index contributed by atoms with van der Waals surface area (Å²) in [5.74, 6) is 1.24. The number of nitrogens with zero attached hydrogens (tertiary/aromatic N) is 3. The van der Waals surface area contributed by atoms with Crippen LogP contribution in [0.1, 0.15) is 81.7 Å². The average molecular weight is 718 g/mol. The Morgan fingerprint density at radius 2 is 1.83 bits per heavy atom.